The maximum Gasteiger partial charge on any atom is 0.339 e. The number of rotatable bonds is 4. The summed E-state index contributed by atoms with van der Waals surface area (Å²) in [5.74, 6) is 1.55. The zero-order valence-electron chi connectivity index (χ0n) is 12.0. The summed E-state index contributed by atoms with van der Waals surface area (Å²) in [5, 5.41) is 9.99. The minimum absolute atomic E-state index is 0.290. The van der Waals surface area contributed by atoms with Crippen molar-refractivity contribution in [2.75, 3.05) is 13.2 Å². The average molecular weight is 288 g/mol. The molecule has 1 aliphatic rings. The first-order chi connectivity index (χ1) is 10.3. The number of ether oxygens (including phenoxy) is 1. The van der Waals surface area contributed by atoms with Crippen molar-refractivity contribution in [2.45, 2.75) is 25.7 Å². The molecule has 1 aromatic carbocycles. The second kappa shape index (κ2) is 6.31. The molecule has 1 aliphatic carbocycles. The highest BCUT2D eigenvalue weighted by atomic mass is 16.5. The van der Waals surface area contributed by atoms with E-state index in [1.165, 1.54) is 6.07 Å². The molecule has 112 valence electrons. The standard InChI is InChI=1S/C17H20O4/c18-10-12-5-7-13(8-6-12)11-20-16-9-17(19)21-15-4-2-1-3-14(15)16/h1-4,9,12-13,18H,5-8,10-11H2/t12-,13-. The minimum Gasteiger partial charge on any atom is -0.492 e. The van der Waals surface area contributed by atoms with Crippen LogP contribution in [0, 0.1) is 11.8 Å². The number of benzene rings is 1. The van der Waals surface area contributed by atoms with Gasteiger partial charge in [0.05, 0.1) is 18.1 Å². The van der Waals surface area contributed by atoms with E-state index >= 15 is 0 Å². The number of fused-ring (bicyclic) bond motifs is 1. The average Bonchev–Trinajstić information content (AvgIpc) is 2.53. The largest absolute Gasteiger partial charge is 0.492 e. The Bertz CT molecular complexity index is 653. The van der Waals surface area contributed by atoms with Crippen LogP contribution in [0.5, 0.6) is 5.75 Å². The van der Waals surface area contributed by atoms with Crippen molar-refractivity contribution in [1.29, 1.82) is 0 Å². The van der Waals surface area contributed by atoms with Gasteiger partial charge in [0.15, 0.2) is 0 Å². The highest BCUT2D eigenvalue weighted by molar-refractivity contribution is 5.82. The maximum atomic E-state index is 11.6. The Morgan fingerprint density at radius 3 is 2.62 bits per heavy atom. The Kier molecular flexibility index (Phi) is 4.25. The Morgan fingerprint density at radius 2 is 1.86 bits per heavy atom. The fraction of sp³-hybridized carbons (Fsp3) is 0.471. The summed E-state index contributed by atoms with van der Waals surface area (Å²) >= 11 is 0. The summed E-state index contributed by atoms with van der Waals surface area (Å²) in [5.41, 5.74) is 0.177. The summed E-state index contributed by atoms with van der Waals surface area (Å²) in [4.78, 5) is 11.6. The van der Waals surface area contributed by atoms with Crippen LogP contribution in [0.4, 0.5) is 0 Å². The van der Waals surface area contributed by atoms with Gasteiger partial charge >= 0.3 is 5.63 Å². The molecular formula is C17H20O4. The van der Waals surface area contributed by atoms with Crippen LogP contribution >= 0.6 is 0 Å². The molecule has 1 saturated carbocycles. The van der Waals surface area contributed by atoms with Crippen LogP contribution in [0.25, 0.3) is 11.0 Å². The van der Waals surface area contributed by atoms with E-state index in [9.17, 15) is 4.79 Å². The summed E-state index contributed by atoms with van der Waals surface area (Å²) < 4.78 is 11.0. The third-order valence-electron chi connectivity index (χ3n) is 4.31. The van der Waals surface area contributed by atoms with Gasteiger partial charge < -0.3 is 14.3 Å². The third-order valence-corrected chi connectivity index (χ3v) is 4.31. The van der Waals surface area contributed by atoms with Gasteiger partial charge in [-0.05, 0) is 49.7 Å². The van der Waals surface area contributed by atoms with E-state index in [2.05, 4.69) is 0 Å². The van der Waals surface area contributed by atoms with E-state index in [0.29, 0.717) is 29.8 Å². The van der Waals surface area contributed by atoms with Crippen molar-refractivity contribution in [3.63, 3.8) is 0 Å². The first-order valence-electron chi connectivity index (χ1n) is 7.53. The van der Waals surface area contributed by atoms with E-state index in [1.54, 1.807) is 6.07 Å². The van der Waals surface area contributed by atoms with Gasteiger partial charge in [-0.25, -0.2) is 4.79 Å². The smallest absolute Gasteiger partial charge is 0.339 e. The first kappa shape index (κ1) is 14.1. The lowest BCUT2D eigenvalue weighted by molar-refractivity contribution is 0.139. The van der Waals surface area contributed by atoms with E-state index in [-0.39, 0.29) is 12.2 Å². The van der Waals surface area contributed by atoms with Gasteiger partial charge in [-0.1, -0.05) is 12.1 Å². The van der Waals surface area contributed by atoms with Gasteiger partial charge in [-0.3, -0.25) is 0 Å². The third kappa shape index (κ3) is 3.27. The SMILES string of the molecule is O=c1cc(OC[C@H]2CC[C@H](CO)CC2)c2ccccc2o1. The zero-order valence-corrected chi connectivity index (χ0v) is 12.0. The highest BCUT2D eigenvalue weighted by Gasteiger charge is 2.21. The Morgan fingerprint density at radius 1 is 1.14 bits per heavy atom. The van der Waals surface area contributed by atoms with E-state index in [1.807, 2.05) is 18.2 Å². The molecule has 4 nitrogen and oxygen atoms in total. The second-order valence-corrected chi connectivity index (χ2v) is 5.81. The monoisotopic (exact) mass is 288 g/mol. The first-order valence-corrected chi connectivity index (χ1v) is 7.53. The van der Waals surface area contributed by atoms with Gasteiger partial charge in [0.1, 0.15) is 11.3 Å². The molecule has 0 aliphatic heterocycles. The number of hydrogen-bond donors (Lipinski definition) is 1. The summed E-state index contributed by atoms with van der Waals surface area (Å²) in [6.45, 7) is 0.906. The summed E-state index contributed by atoms with van der Waals surface area (Å²) in [6, 6.07) is 8.83. The fourth-order valence-corrected chi connectivity index (χ4v) is 2.99. The molecule has 0 saturated heterocycles. The molecule has 21 heavy (non-hydrogen) atoms. The molecular weight excluding hydrogens is 268 g/mol. The van der Waals surface area contributed by atoms with Crippen molar-refractivity contribution in [1.82, 2.24) is 0 Å². The number of aliphatic hydroxyl groups is 1. The van der Waals surface area contributed by atoms with Gasteiger partial charge in [-0.15, -0.1) is 0 Å². The van der Waals surface area contributed by atoms with Crippen molar-refractivity contribution in [2.24, 2.45) is 11.8 Å². The van der Waals surface area contributed by atoms with Gasteiger partial charge in [0.2, 0.25) is 0 Å². The summed E-state index contributed by atoms with van der Waals surface area (Å²) in [6.07, 6.45) is 4.26. The molecule has 3 rings (SSSR count). The van der Waals surface area contributed by atoms with Gasteiger partial charge in [0.25, 0.3) is 0 Å². The molecule has 1 N–H and O–H groups in total. The highest BCUT2D eigenvalue weighted by Crippen LogP contribution is 2.30. The van der Waals surface area contributed by atoms with E-state index in [4.69, 9.17) is 14.3 Å². The lowest BCUT2D eigenvalue weighted by Gasteiger charge is -2.27. The molecule has 0 atom stereocenters. The Labute approximate surface area is 123 Å². The van der Waals surface area contributed by atoms with Crippen LogP contribution in [0.15, 0.2) is 39.5 Å². The topological polar surface area (TPSA) is 59.7 Å². The predicted octanol–water partition coefficient (Wildman–Crippen LogP) is 2.97. The van der Waals surface area contributed by atoms with Gasteiger partial charge in [-0.2, -0.15) is 0 Å². The number of para-hydroxylation sites is 1. The molecule has 1 heterocycles. The van der Waals surface area contributed by atoms with Crippen LogP contribution in [0.1, 0.15) is 25.7 Å². The van der Waals surface area contributed by atoms with Crippen LogP contribution in [-0.4, -0.2) is 18.3 Å². The Balaban J connectivity index is 1.70. The van der Waals surface area contributed by atoms with Crippen molar-refractivity contribution < 1.29 is 14.3 Å². The molecule has 0 bridgehead atoms. The number of hydrogen-bond acceptors (Lipinski definition) is 4. The maximum absolute atomic E-state index is 11.6. The van der Waals surface area contributed by atoms with E-state index < -0.39 is 0 Å². The second-order valence-electron chi connectivity index (χ2n) is 5.81. The van der Waals surface area contributed by atoms with Crippen LogP contribution in [0.3, 0.4) is 0 Å². The van der Waals surface area contributed by atoms with Gasteiger partial charge in [0, 0.05) is 6.61 Å². The molecule has 4 heteroatoms. The van der Waals surface area contributed by atoms with Crippen molar-refractivity contribution >= 4 is 11.0 Å². The van der Waals surface area contributed by atoms with E-state index in [0.717, 1.165) is 31.1 Å². The van der Waals surface area contributed by atoms with Crippen molar-refractivity contribution in [3.8, 4) is 5.75 Å². The molecule has 2 aromatic rings. The summed E-state index contributed by atoms with van der Waals surface area (Å²) in [7, 11) is 0. The zero-order chi connectivity index (χ0) is 14.7. The quantitative estimate of drug-likeness (QED) is 0.879. The molecule has 0 spiro atoms. The van der Waals surface area contributed by atoms with Crippen LogP contribution < -0.4 is 10.4 Å². The Hall–Kier alpha value is -1.81. The lowest BCUT2D eigenvalue weighted by Crippen LogP contribution is -2.22. The minimum atomic E-state index is -0.382. The normalized spacial score (nSPS) is 22.3. The van der Waals surface area contributed by atoms with Crippen LogP contribution in [0.2, 0.25) is 0 Å². The molecule has 0 radical (unpaired) electrons. The molecule has 1 fully saturated rings. The number of aliphatic hydroxyl groups excluding tert-OH is 1. The van der Waals surface area contributed by atoms with Crippen molar-refractivity contribution in [3.05, 3.63) is 40.8 Å². The van der Waals surface area contributed by atoms with Crippen LogP contribution in [-0.2, 0) is 0 Å². The molecule has 1 aromatic heterocycles. The lowest BCUT2D eigenvalue weighted by atomic mass is 9.83. The predicted molar refractivity (Wildman–Crippen MR) is 80.5 cm³/mol. The molecule has 0 amide bonds. The fourth-order valence-electron chi connectivity index (χ4n) is 2.99. The molecule has 0 unspecified atom stereocenters.